The summed E-state index contributed by atoms with van der Waals surface area (Å²) in [5.41, 5.74) is 2.70. The van der Waals surface area contributed by atoms with Gasteiger partial charge in [0.1, 0.15) is 0 Å². The molecule has 2 aromatic rings. The Labute approximate surface area is 104 Å². The molecule has 1 aromatic carbocycles. The second-order valence-electron chi connectivity index (χ2n) is 4.65. The lowest BCUT2D eigenvalue weighted by atomic mass is 10.2. The minimum atomic E-state index is 1.07. The summed E-state index contributed by atoms with van der Waals surface area (Å²) in [5, 5.41) is 1.26. The van der Waals surface area contributed by atoms with E-state index >= 15 is 0 Å². The van der Waals surface area contributed by atoms with Gasteiger partial charge < -0.3 is 4.57 Å². The Bertz CT molecular complexity index is 467. The zero-order chi connectivity index (χ0) is 12.1. The van der Waals surface area contributed by atoms with E-state index in [1.165, 1.54) is 42.3 Å². The van der Waals surface area contributed by atoms with E-state index in [0.717, 1.165) is 13.0 Å². The van der Waals surface area contributed by atoms with Crippen LogP contribution < -0.4 is 0 Å². The first-order valence-electron chi connectivity index (χ1n) is 6.86. The highest BCUT2D eigenvalue weighted by molar-refractivity contribution is 5.80. The number of benzene rings is 1. The van der Waals surface area contributed by atoms with E-state index in [2.05, 4.69) is 48.7 Å². The molecule has 0 saturated heterocycles. The Morgan fingerprint density at radius 2 is 1.88 bits per heavy atom. The average Bonchev–Trinajstić information content (AvgIpc) is 2.73. The lowest BCUT2D eigenvalue weighted by Crippen LogP contribution is -2.02. The molecule has 0 N–H and O–H groups in total. The Morgan fingerprint density at radius 1 is 1.06 bits per heavy atom. The Hall–Kier alpha value is -1.24. The van der Waals surface area contributed by atoms with Crippen molar-refractivity contribution in [1.82, 2.24) is 4.57 Å². The van der Waals surface area contributed by atoms with Crippen molar-refractivity contribution in [3.05, 3.63) is 36.0 Å². The minimum absolute atomic E-state index is 1.07. The lowest BCUT2D eigenvalue weighted by Gasteiger charge is -2.09. The van der Waals surface area contributed by atoms with Crippen LogP contribution >= 0.6 is 0 Å². The zero-order valence-electron chi connectivity index (χ0n) is 11.0. The fourth-order valence-electron chi connectivity index (χ4n) is 2.41. The summed E-state index contributed by atoms with van der Waals surface area (Å²) in [5.74, 6) is 0. The first-order valence-corrected chi connectivity index (χ1v) is 6.86. The van der Waals surface area contributed by atoms with Crippen molar-refractivity contribution in [2.75, 3.05) is 0 Å². The van der Waals surface area contributed by atoms with Crippen LogP contribution in [0.5, 0.6) is 0 Å². The number of aryl methyl sites for hydroxylation is 2. The largest absolute Gasteiger partial charge is 0.344 e. The van der Waals surface area contributed by atoms with Gasteiger partial charge in [-0.05, 0) is 18.9 Å². The zero-order valence-corrected chi connectivity index (χ0v) is 11.0. The number of rotatable bonds is 6. The normalized spacial score (nSPS) is 11.2. The molecule has 0 aliphatic heterocycles. The van der Waals surface area contributed by atoms with Crippen LogP contribution in [0.2, 0.25) is 0 Å². The van der Waals surface area contributed by atoms with Gasteiger partial charge in [0.2, 0.25) is 0 Å². The lowest BCUT2D eigenvalue weighted by molar-refractivity contribution is 0.581. The SMILES string of the molecule is CCCCCCn1c(CC)[c]c2ccccc21. The Balaban J connectivity index is 2.18. The van der Waals surface area contributed by atoms with Crippen LogP contribution in [0.3, 0.4) is 0 Å². The first kappa shape index (κ1) is 12.2. The summed E-state index contributed by atoms with van der Waals surface area (Å²) < 4.78 is 2.45. The fourth-order valence-corrected chi connectivity index (χ4v) is 2.41. The molecule has 1 heterocycles. The van der Waals surface area contributed by atoms with Crippen molar-refractivity contribution in [3.8, 4) is 0 Å². The summed E-state index contributed by atoms with van der Waals surface area (Å²) >= 11 is 0. The molecule has 2 rings (SSSR count). The molecule has 17 heavy (non-hydrogen) atoms. The molecule has 91 valence electrons. The van der Waals surface area contributed by atoms with Gasteiger partial charge in [-0.15, -0.1) is 0 Å². The molecule has 0 bridgehead atoms. The minimum Gasteiger partial charge on any atom is -0.344 e. The van der Waals surface area contributed by atoms with Crippen LogP contribution in [0.15, 0.2) is 24.3 Å². The van der Waals surface area contributed by atoms with Crippen molar-refractivity contribution in [3.63, 3.8) is 0 Å². The molecule has 1 heteroatoms. The molecule has 0 unspecified atom stereocenters. The number of fused-ring (bicyclic) bond motifs is 1. The maximum absolute atomic E-state index is 3.52. The molecule has 0 atom stereocenters. The smallest absolute Gasteiger partial charge is 0.0489 e. The number of nitrogens with zero attached hydrogens (tertiary/aromatic N) is 1. The van der Waals surface area contributed by atoms with E-state index in [-0.39, 0.29) is 0 Å². The van der Waals surface area contributed by atoms with Crippen molar-refractivity contribution in [1.29, 1.82) is 0 Å². The third kappa shape index (κ3) is 2.71. The topological polar surface area (TPSA) is 4.93 Å². The number of hydrogen-bond acceptors (Lipinski definition) is 0. The Kier molecular flexibility index (Phi) is 4.24. The van der Waals surface area contributed by atoms with Gasteiger partial charge in [-0.25, -0.2) is 0 Å². The van der Waals surface area contributed by atoms with Gasteiger partial charge in [0, 0.05) is 29.2 Å². The molecule has 0 spiro atoms. The van der Waals surface area contributed by atoms with Crippen LogP contribution in [0, 0.1) is 6.07 Å². The highest BCUT2D eigenvalue weighted by atomic mass is 15.0. The fraction of sp³-hybridized carbons (Fsp3) is 0.500. The molecule has 0 saturated carbocycles. The van der Waals surface area contributed by atoms with Crippen LogP contribution in [0.1, 0.15) is 45.2 Å². The number of para-hydroxylation sites is 1. The maximum Gasteiger partial charge on any atom is 0.0489 e. The molecule has 0 fully saturated rings. The van der Waals surface area contributed by atoms with E-state index < -0.39 is 0 Å². The van der Waals surface area contributed by atoms with Gasteiger partial charge >= 0.3 is 0 Å². The molecule has 1 aromatic heterocycles. The third-order valence-electron chi connectivity index (χ3n) is 3.37. The molecular formula is C16H22N. The highest BCUT2D eigenvalue weighted by Gasteiger charge is 2.06. The van der Waals surface area contributed by atoms with Gasteiger partial charge in [-0.1, -0.05) is 51.3 Å². The van der Waals surface area contributed by atoms with Crippen molar-refractivity contribution >= 4 is 10.9 Å². The van der Waals surface area contributed by atoms with Gasteiger partial charge in [-0.3, -0.25) is 0 Å². The molecule has 0 amide bonds. The van der Waals surface area contributed by atoms with E-state index in [0.29, 0.717) is 0 Å². The first-order chi connectivity index (χ1) is 8.36. The summed E-state index contributed by atoms with van der Waals surface area (Å²) in [6.07, 6.45) is 6.35. The van der Waals surface area contributed by atoms with Crippen molar-refractivity contribution in [2.45, 2.75) is 52.5 Å². The van der Waals surface area contributed by atoms with Crippen LogP contribution in [0.25, 0.3) is 10.9 Å². The summed E-state index contributed by atoms with van der Waals surface area (Å²) in [6.45, 7) is 5.62. The predicted octanol–water partition coefficient (Wildman–Crippen LogP) is 4.58. The Morgan fingerprint density at radius 3 is 2.65 bits per heavy atom. The van der Waals surface area contributed by atoms with Crippen LogP contribution in [0.4, 0.5) is 0 Å². The van der Waals surface area contributed by atoms with E-state index in [1.807, 2.05) is 0 Å². The quantitative estimate of drug-likeness (QED) is 0.637. The van der Waals surface area contributed by atoms with Crippen LogP contribution in [-0.2, 0) is 13.0 Å². The second-order valence-corrected chi connectivity index (χ2v) is 4.65. The van der Waals surface area contributed by atoms with Gasteiger partial charge in [-0.2, -0.15) is 0 Å². The third-order valence-corrected chi connectivity index (χ3v) is 3.37. The van der Waals surface area contributed by atoms with Gasteiger partial charge in [0.25, 0.3) is 0 Å². The number of unbranched alkanes of at least 4 members (excludes halogenated alkanes) is 3. The molecule has 1 nitrogen and oxygen atoms in total. The van der Waals surface area contributed by atoms with Crippen molar-refractivity contribution in [2.24, 2.45) is 0 Å². The van der Waals surface area contributed by atoms with Gasteiger partial charge in [0.05, 0.1) is 0 Å². The summed E-state index contributed by atoms with van der Waals surface area (Å²) in [7, 11) is 0. The molecule has 1 radical (unpaired) electrons. The summed E-state index contributed by atoms with van der Waals surface area (Å²) in [6, 6.07) is 12.1. The van der Waals surface area contributed by atoms with E-state index in [1.54, 1.807) is 0 Å². The van der Waals surface area contributed by atoms with Gasteiger partial charge in [0.15, 0.2) is 0 Å². The second kappa shape index (κ2) is 5.90. The van der Waals surface area contributed by atoms with Crippen LogP contribution in [-0.4, -0.2) is 4.57 Å². The monoisotopic (exact) mass is 228 g/mol. The standard InChI is InChI=1S/C16H22N/c1-3-5-6-9-12-17-15(4-2)13-14-10-7-8-11-16(14)17/h7-8,10-11H,3-6,9,12H2,1-2H3. The molecule has 0 aliphatic carbocycles. The van der Waals surface area contributed by atoms with Crippen molar-refractivity contribution < 1.29 is 0 Å². The number of aromatic nitrogens is 1. The van der Waals surface area contributed by atoms with E-state index in [4.69, 9.17) is 0 Å². The predicted molar refractivity (Wildman–Crippen MR) is 74.3 cm³/mol. The number of hydrogen-bond donors (Lipinski definition) is 0. The average molecular weight is 228 g/mol. The highest BCUT2D eigenvalue weighted by Crippen LogP contribution is 2.20. The maximum atomic E-state index is 3.52. The molecule has 0 aliphatic rings. The summed E-state index contributed by atoms with van der Waals surface area (Å²) in [4.78, 5) is 0. The van der Waals surface area contributed by atoms with E-state index in [9.17, 15) is 0 Å². The molecular weight excluding hydrogens is 206 g/mol.